The van der Waals surface area contributed by atoms with Gasteiger partial charge in [0.15, 0.2) is 6.10 Å². The van der Waals surface area contributed by atoms with Crippen molar-refractivity contribution in [3.63, 3.8) is 0 Å². The number of carbonyl (C=O) groups excluding carboxylic acids is 3. The van der Waals surface area contributed by atoms with Crippen molar-refractivity contribution in [3.05, 3.63) is 97.2 Å². The van der Waals surface area contributed by atoms with Crippen molar-refractivity contribution < 1.29 is 28.6 Å². The lowest BCUT2D eigenvalue weighted by molar-refractivity contribution is -0.167. The number of carbonyl (C=O) groups is 3. The highest BCUT2D eigenvalue weighted by molar-refractivity contribution is 5.71. The van der Waals surface area contributed by atoms with Gasteiger partial charge >= 0.3 is 17.9 Å². The summed E-state index contributed by atoms with van der Waals surface area (Å²) >= 11 is 0. The lowest BCUT2D eigenvalue weighted by Gasteiger charge is -2.18. The molecule has 418 valence electrons. The van der Waals surface area contributed by atoms with E-state index >= 15 is 0 Å². The normalized spacial score (nSPS) is 12.8. The van der Waals surface area contributed by atoms with Gasteiger partial charge in [-0.2, -0.15) is 0 Å². The standard InChI is InChI=1S/C67H114O6/c1-4-7-10-13-16-19-22-24-26-28-29-30-31-32-33-34-35-36-37-38-39-40-42-43-45-48-51-54-57-60-66(69)72-63-64(62-71-65(68)59-56-53-50-47-21-18-15-12-9-6-3)73-67(70)61-58-55-52-49-46-44-41-27-25-23-20-17-14-11-8-5-2/h7,10,12,15-16,19,24,26-27,29-30,32-33,35-36,41,64H,4-6,8-9,11,13-14,17-18,20-23,25,28,31,34,37-40,42-63H2,1-3H3/b10-7-,15-12-,19-16-,26-24-,30-29-,33-32-,36-35-,41-27-. The fourth-order valence-corrected chi connectivity index (χ4v) is 8.44. The zero-order chi connectivity index (χ0) is 52.9. The van der Waals surface area contributed by atoms with Gasteiger partial charge in [-0.25, -0.2) is 0 Å². The van der Waals surface area contributed by atoms with Crippen molar-refractivity contribution in [1.29, 1.82) is 0 Å². The molecular weight excluding hydrogens is 901 g/mol. The molecule has 1 atom stereocenters. The van der Waals surface area contributed by atoms with Crippen LogP contribution in [0.3, 0.4) is 0 Å². The highest BCUT2D eigenvalue weighted by Crippen LogP contribution is 2.15. The van der Waals surface area contributed by atoms with Crippen molar-refractivity contribution >= 4 is 17.9 Å². The third-order valence-electron chi connectivity index (χ3n) is 13.0. The van der Waals surface area contributed by atoms with E-state index in [0.29, 0.717) is 19.3 Å². The Morgan fingerprint density at radius 2 is 0.562 bits per heavy atom. The highest BCUT2D eigenvalue weighted by atomic mass is 16.6. The molecule has 0 bridgehead atoms. The molecule has 0 spiro atoms. The van der Waals surface area contributed by atoms with Gasteiger partial charge in [-0.05, 0) is 116 Å². The van der Waals surface area contributed by atoms with Crippen LogP contribution in [0.15, 0.2) is 97.2 Å². The highest BCUT2D eigenvalue weighted by Gasteiger charge is 2.19. The molecule has 73 heavy (non-hydrogen) atoms. The SMILES string of the molecule is CC/C=C\C/C=C\C/C=C\C/C=C\C/C=C\C/C=C\CCCCCCCCCCCCC(=O)OCC(COC(=O)CCCCCCC/C=C\CCC)OC(=O)CCCCCCC/C=C\CCCCCCCCC. The van der Waals surface area contributed by atoms with Crippen LogP contribution in [0, 0.1) is 0 Å². The summed E-state index contributed by atoms with van der Waals surface area (Å²) in [6.07, 6.45) is 81.3. The monoisotopic (exact) mass is 1010 g/mol. The van der Waals surface area contributed by atoms with Crippen LogP contribution < -0.4 is 0 Å². The number of allylic oxidation sites excluding steroid dienone is 16. The number of hydrogen-bond acceptors (Lipinski definition) is 6. The third kappa shape index (κ3) is 59.1. The van der Waals surface area contributed by atoms with Gasteiger partial charge in [0.25, 0.3) is 0 Å². The van der Waals surface area contributed by atoms with Crippen molar-refractivity contribution in [1.82, 2.24) is 0 Å². The summed E-state index contributed by atoms with van der Waals surface area (Å²) in [6.45, 7) is 6.46. The molecule has 0 aromatic rings. The molecule has 0 saturated carbocycles. The van der Waals surface area contributed by atoms with E-state index in [4.69, 9.17) is 14.2 Å². The maximum absolute atomic E-state index is 12.8. The van der Waals surface area contributed by atoms with Gasteiger partial charge in [0, 0.05) is 19.3 Å². The fraction of sp³-hybridized carbons (Fsp3) is 0.716. The quantitative estimate of drug-likeness (QED) is 0.0261. The number of rotatable bonds is 55. The predicted octanol–water partition coefficient (Wildman–Crippen LogP) is 20.9. The van der Waals surface area contributed by atoms with E-state index in [1.54, 1.807) is 0 Å². The molecule has 0 aromatic carbocycles. The van der Waals surface area contributed by atoms with Crippen LogP contribution >= 0.6 is 0 Å². The Morgan fingerprint density at radius 3 is 0.904 bits per heavy atom. The predicted molar refractivity (Wildman–Crippen MR) is 316 cm³/mol. The zero-order valence-corrected chi connectivity index (χ0v) is 47.9. The lowest BCUT2D eigenvalue weighted by Crippen LogP contribution is -2.30. The Hall–Kier alpha value is -3.67. The first-order valence-electron chi connectivity index (χ1n) is 30.7. The molecular formula is C67H114O6. The molecule has 0 radical (unpaired) electrons. The van der Waals surface area contributed by atoms with Gasteiger partial charge in [-0.1, -0.05) is 253 Å². The van der Waals surface area contributed by atoms with Gasteiger partial charge in [0.2, 0.25) is 0 Å². The molecule has 0 amide bonds. The molecule has 0 saturated heterocycles. The number of hydrogen-bond donors (Lipinski definition) is 0. The molecule has 0 aliphatic rings. The van der Waals surface area contributed by atoms with Crippen LogP contribution in [0.1, 0.15) is 290 Å². The van der Waals surface area contributed by atoms with Gasteiger partial charge in [-0.3, -0.25) is 14.4 Å². The third-order valence-corrected chi connectivity index (χ3v) is 13.0. The summed E-state index contributed by atoms with van der Waals surface area (Å²) in [6, 6.07) is 0. The van der Waals surface area contributed by atoms with E-state index in [1.807, 2.05) is 0 Å². The summed E-state index contributed by atoms with van der Waals surface area (Å²) < 4.78 is 16.8. The Kier molecular flexibility index (Phi) is 57.8. The van der Waals surface area contributed by atoms with Crippen molar-refractivity contribution in [2.75, 3.05) is 13.2 Å². The fourth-order valence-electron chi connectivity index (χ4n) is 8.44. The van der Waals surface area contributed by atoms with E-state index in [2.05, 4.69) is 118 Å². The molecule has 1 unspecified atom stereocenters. The Labute approximate surface area is 451 Å². The Morgan fingerprint density at radius 1 is 0.288 bits per heavy atom. The molecule has 0 rings (SSSR count). The lowest BCUT2D eigenvalue weighted by atomic mass is 10.1. The van der Waals surface area contributed by atoms with E-state index in [9.17, 15) is 14.4 Å². The minimum absolute atomic E-state index is 0.0849. The number of esters is 3. The summed E-state index contributed by atoms with van der Waals surface area (Å²) in [4.78, 5) is 38.1. The molecule has 0 heterocycles. The zero-order valence-electron chi connectivity index (χ0n) is 47.9. The minimum atomic E-state index is -0.786. The van der Waals surface area contributed by atoms with Gasteiger partial charge in [0.05, 0.1) is 0 Å². The average Bonchev–Trinajstić information content (AvgIpc) is 3.39. The van der Waals surface area contributed by atoms with E-state index < -0.39 is 6.10 Å². The molecule has 6 heteroatoms. The van der Waals surface area contributed by atoms with E-state index in [-0.39, 0.29) is 31.1 Å². The van der Waals surface area contributed by atoms with Gasteiger partial charge < -0.3 is 14.2 Å². The maximum Gasteiger partial charge on any atom is 0.306 e. The first kappa shape index (κ1) is 69.3. The van der Waals surface area contributed by atoms with Crippen molar-refractivity contribution in [2.24, 2.45) is 0 Å². The first-order valence-corrected chi connectivity index (χ1v) is 30.7. The summed E-state index contributed by atoms with van der Waals surface area (Å²) in [5.74, 6) is -0.903. The minimum Gasteiger partial charge on any atom is -0.462 e. The topological polar surface area (TPSA) is 78.9 Å². The summed E-state index contributed by atoms with van der Waals surface area (Å²) in [5.41, 5.74) is 0. The number of ether oxygens (including phenoxy) is 3. The van der Waals surface area contributed by atoms with Crippen molar-refractivity contribution in [3.8, 4) is 0 Å². The summed E-state index contributed by atoms with van der Waals surface area (Å²) in [5, 5.41) is 0. The summed E-state index contributed by atoms with van der Waals surface area (Å²) in [7, 11) is 0. The number of unbranched alkanes of at least 4 members (excludes halogenated alkanes) is 28. The van der Waals surface area contributed by atoms with Crippen LogP contribution in [-0.2, 0) is 28.6 Å². The molecule has 0 N–H and O–H groups in total. The molecule has 0 fully saturated rings. The van der Waals surface area contributed by atoms with E-state index in [0.717, 1.165) is 122 Å². The maximum atomic E-state index is 12.8. The van der Waals surface area contributed by atoms with Crippen LogP contribution in [0.5, 0.6) is 0 Å². The second-order valence-corrected chi connectivity index (χ2v) is 20.2. The second-order valence-electron chi connectivity index (χ2n) is 20.2. The average molecular weight is 1020 g/mol. The van der Waals surface area contributed by atoms with Gasteiger partial charge in [-0.15, -0.1) is 0 Å². The Balaban J connectivity index is 4.23. The molecule has 0 aliphatic carbocycles. The Bertz CT molecular complexity index is 1440. The largest absolute Gasteiger partial charge is 0.462 e. The van der Waals surface area contributed by atoms with Gasteiger partial charge in [0.1, 0.15) is 13.2 Å². The first-order chi connectivity index (χ1) is 36.0. The van der Waals surface area contributed by atoms with Crippen LogP contribution in [0.25, 0.3) is 0 Å². The molecule has 6 nitrogen and oxygen atoms in total. The molecule has 0 aromatic heterocycles. The smallest absolute Gasteiger partial charge is 0.306 e. The van der Waals surface area contributed by atoms with Crippen LogP contribution in [-0.4, -0.2) is 37.2 Å². The molecule has 0 aliphatic heterocycles. The van der Waals surface area contributed by atoms with Crippen molar-refractivity contribution in [2.45, 2.75) is 297 Å². The van der Waals surface area contributed by atoms with Crippen LogP contribution in [0.4, 0.5) is 0 Å². The van der Waals surface area contributed by atoms with Crippen LogP contribution in [0.2, 0.25) is 0 Å². The second kappa shape index (κ2) is 60.9. The van der Waals surface area contributed by atoms with E-state index in [1.165, 1.54) is 128 Å².